The van der Waals surface area contributed by atoms with Crippen LogP contribution in [-0.2, 0) is 11.8 Å². The second-order valence-corrected chi connectivity index (χ2v) is 6.54. The molecule has 2 aromatic rings. The van der Waals surface area contributed by atoms with Crippen molar-refractivity contribution in [1.29, 1.82) is 0 Å². The number of benzene rings is 2. The van der Waals surface area contributed by atoms with Crippen molar-refractivity contribution in [3.63, 3.8) is 0 Å². The number of aryl methyl sites for hydroxylation is 3. The van der Waals surface area contributed by atoms with E-state index in [0.717, 1.165) is 6.42 Å². The van der Waals surface area contributed by atoms with Gasteiger partial charge in [0.05, 0.1) is 0 Å². The predicted octanol–water partition coefficient (Wildman–Crippen LogP) is 5.57. The lowest BCUT2D eigenvalue weighted by Gasteiger charge is -2.31. The maximum absolute atomic E-state index is 6.34. The molecule has 0 heterocycles. The smallest absolute Gasteiger partial charge is 0.0335 e. The Balaban J connectivity index is 2.37. The van der Waals surface area contributed by atoms with E-state index in [-0.39, 0.29) is 5.41 Å². The van der Waals surface area contributed by atoms with Crippen LogP contribution in [0.15, 0.2) is 42.5 Å². The van der Waals surface area contributed by atoms with Gasteiger partial charge >= 0.3 is 0 Å². The predicted molar refractivity (Wildman–Crippen MR) is 93.9 cm³/mol. The zero-order valence-corrected chi connectivity index (χ0v) is 14.4. The van der Waals surface area contributed by atoms with Crippen LogP contribution in [0.2, 0.25) is 0 Å². The first-order valence-corrected chi connectivity index (χ1v) is 8.33. The van der Waals surface area contributed by atoms with E-state index in [1.165, 1.54) is 27.8 Å². The summed E-state index contributed by atoms with van der Waals surface area (Å²) < 4.78 is 0. The lowest BCUT2D eigenvalue weighted by molar-refractivity contribution is 0.536. The van der Waals surface area contributed by atoms with Crippen LogP contribution in [0.1, 0.15) is 27.8 Å². The second-order valence-electron chi connectivity index (χ2n) is 6.01. The van der Waals surface area contributed by atoms with Crippen LogP contribution >= 0.6 is 23.2 Å². The Bertz CT molecular complexity index is 595. The number of hydrogen-bond acceptors (Lipinski definition) is 0. The molecule has 0 unspecified atom stereocenters. The van der Waals surface area contributed by atoms with Crippen LogP contribution in [0.25, 0.3) is 0 Å². The number of halogens is 2. The van der Waals surface area contributed by atoms with Crippen LogP contribution in [0.3, 0.4) is 0 Å². The summed E-state index contributed by atoms with van der Waals surface area (Å²) in [6.07, 6.45) is 0.865. The Hall–Kier alpha value is -0.980. The molecule has 0 nitrogen and oxygen atoms in total. The highest BCUT2D eigenvalue weighted by Crippen LogP contribution is 2.32. The van der Waals surface area contributed by atoms with Crippen LogP contribution in [0, 0.1) is 20.8 Å². The first kappa shape index (κ1) is 16.4. The topological polar surface area (TPSA) is 0 Å². The van der Waals surface area contributed by atoms with Gasteiger partial charge in [0.2, 0.25) is 0 Å². The summed E-state index contributed by atoms with van der Waals surface area (Å²) in [6, 6.07) is 15.2. The Morgan fingerprint density at radius 1 is 0.810 bits per heavy atom. The highest BCUT2D eigenvalue weighted by atomic mass is 35.5. The summed E-state index contributed by atoms with van der Waals surface area (Å²) in [5.74, 6) is 1.04. The van der Waals surface area contributed by atoms with Gasteiger partial charge in [0, 0.05) is 17.2 Å². The number of alkyl halides is 2. The van der Waals surface area contributed by atoms with Crippen molar-refractivity contribution < 1.29 is 0 Å². The van der Waals surface area contributed by atoms with E-state index < -0.39 is 0 Å². The molecule has 2 rings (SSSR count). The van der Waals surface area contributed by atoms with E-state index >= 15 is 0 Å². The average molecular weight is 321 g/mol. The molecule has 0 bridgehead atoms. The molecule has 0 radical (unpaired) electrons. The fourth-order valence-corrected chi connectivity index (χ4v) is 3.38. The molecule has 0 spiro atoms. The molecule has 0 amide bonds. The Morgan fingerprint density at radius 3 is 1.95 bits per heavy atom. The number of hydrogen-bond donors (Lipinski definition) is 0. The third-order valence-corrected chi connectivity index (χ3v) is 5.31. The lowest BCUT2D eigenvalue weighted by Crippen LogP contribution is -2.33. The maximum Gasteiger partial charge on any atom is 0.0335 e. The molecular weight excluding hydrogens is 299 g/mol. The molecule has 0 aliphatic rings. The van der Waals surface area contributed by atoms with E-state index in [1.54, 1.807) is 0 Å². The van der Waals surface area contributed by atoms with E-state index in [1.807, 2.05) is 0 Å². The van der Waals surface area contributed by atoms with Crippen molar-refractivity contribution in [2.75, 3.05) is 11.8 Å². The fraction of sp³-hybridized carbons (Fsp3) is 0.368. The third kappa shape index (κ3) is 3.62. The molecule has 0 fully saturated rings. The highest BCUT2D eigenvalue weighted by Gasteiger charge is 2.31. The molecule has 0 atom stereocenters. The molecule has 0 aromatic heterocycles. The monoisotopic (exact) mass is 320 g/mol. The van der Waals surface area contributed by atoms with Crippen LogP contribution in [0.4, 0.5) is 0 Å². The quantitative estimate of drug-likeness (QED) is 0.632. The minimum atomic E-state index is -0.210. The summed E-state index contributed by atoms with van der Waals surface area (Å²) in [6.45, 7) is 6.37. The van der Waals surface area contributed by atoms with Gasteiger partial charge < -0.3 is 0 Å². The van der Waals surface area contributed by atoms with Crippen LogP contribution < -0.4 is 0 Å². The van der Waals surface area contributed by atoms with Crippen molar-refractivity contribution in [1.82, 2.24) is 0 Å². The molecule has 0 saturated carbocycles. The van der Waals surface area contributed by atoms with E-state index in [2.05, 4.69) is 63.2 Å². The van der Waals surface area contributed by atoms with Crippen molar-refractivity contribution in [3.8, 4) is 0 Å². The van der Waals surface area contributed by atoms with Gasteiger partial charge in [-0.2, -0.15) is 0 Å². The molecule has 2 heteroatoms. The van der Waals surface area contributed by atoms with Crippen LogP contribution in [-0.4, -0.2) is 11.8 Å². The van der Waals surface area contributed by atoms with Crippen molar-refractivity contribution in [2.24, 2.45) is 0 Å². The minimum absolute atomic E-state index is 0.210. The van der Waals surface area contributed by atoms with Crippen LogP contribution in [0.5, 0.6) is 0 Å². The van der Waals surface area contributed by atoms with E-state index in [4.69, 9.17) is 23.2 Å². The lowest BCUT2D eigenvalue weighted by atomic mass is 9.78. The summed E-state index contributed by atoms with van der Waals surface area (Å²) in [5.41, 5.74) is 6.18. The molecule has 21 heavy (non-hydrogen) atoms. The second kappa shape index (κ2) is 6.85. The molecule has 112 valence electrons. The summed E-state index contributed by atoms with van der Waals surface area (Å²) in [4.78, 5) is 0. The van der Waals surface area contributed by atoms with Gasteiger partial charge in [-0.25, -0.2) is 0 Å². The molecule has 0 aliphatic heterocycles. The van der Waals surface area contributed by atoms with Gasteiger partial charge in [-0.05, 0) is 49.4 Å². The summed E-state index contributed by atoms with van der Waals surface area (Å²) >= 11 is 12.7. The van der Waals surface area contributed by atoms with Gasteiger partial charge in [0.1, 0.15) is 0 Å². The zero-order valence-electron chi connectivity index (χ0n) is 12.9. The van der Waals surface area contributed by atoms with E-state index in [9.17, 15) is 0 Å². The first-order chi connectivity index (χ1) is 10.0. The standard InChI is InChI=1S/C19H22Cl2/c1-14-4-8-18(9-5-14)19(12-20,13-21)11-17-7-6-15(2)16(3)10-17/h4-10H,11-13H2,1-3H3. The molecule has 0 N–H and O–H groups in total. The fourth-order valence-electron chi connectivity index (χ4n) is 2.60. The van der Waals surface area contributed by atoms with Gasteiger partial charge in [0.25, 0.3) is 0 Å². The normalized spacial score (nSPS) is 11.7. The number of rotatable bonds is 5. The largest absolute Gasteiger partial charge is 0.126 e. The van der Waals surface area contributed by atoms with Gasteiger partial charge in [-0.1, -0.05) is 48.0 Å². The summed E-state index contributed by atoms with van der Waals surface area (Å²) in [7, 11) is 0. The Kier molecular flexibility index (Phi) is 5.35. The highest BCUT2D eigenvalue weighted by molar-refractivity contribution is 6.22. The molecule has 0 saturated heterocycles. The average Bonchev–Trinajstić information content (AvgIpc) is 2.49. The van der Waals surface area contributed by atoms with Crippen molar-refractivity contribution in [2.45, 2.75) is 32.6 Å². The van der Waals surface area contributed by atoms with Gasteiger partial charge in [-0.15, -0.1) is 23.2 Å². The van der Waals surface area contributed by atoms with E-state index in [0.29, 0.717) is 11.8 Å². The molecular formula is C19H22Cl2. The molecule has 2 aromatic carbocycles. The first-order valence-electron chi connectivity index (χ1n) is 7.26. The van der Waals surface area contributed by atoms with Crippen molar-refractivity contribution >= 4 is 23.2 Å². The maximum atomic E-state index is 6.34. The zero-order chi connectivity index (χ0) is 15.5. The molecule has 0 aliphatic carbocycles. The Morgan fingerprint density at radius 2 is 1.43 bits per heavy atom. The summed E-state index contributed by atoms with van der Waals surface area (Å²) in [5, 5.41) is 0. The SMILES string of the molecule is Cc1ccc(C(CCl)(CCl)Cc2ccc(C)c(C)c2)cc1. The van der Waals surface area contributed by atoms with Crippen molar-refractivity contribution in [3.05, 3.63) is 70.3 Å². The Labute approximate surface area is 138 Å². The third-order valence-electron chi connectivity index (χ3n) is 4.29. The van der Waals surface area contributed by atoms with Gasteiger partial charge in [-0.3, -0.25) is 0 Å². The minimum Gasteiger partial charge on any atom is -0.126 e. The van der Waals surface area contributed by atoms with Gasteiger partial charge in [0.15, 0.2) is 0 Å².